The van der Waals surface area contributed by atoms with Gasteiger partial charge >= 0.3 is 0 Å². The van der Waals surface area contributed by atoms with Gasteiger partial charge in [0.2, 0.25) is 0 Å². The quantitative estimate of drug-likeness (QED) is 0.258. The van der Waals surface area contributed by atoms with Crippen LogP contribution in [0.4, 0.5) is 4.79 Å². The summed E-state index contributed by atoms with van der Waals surface area (Å²) in [5.74, 6) is 1.23. The van der Waals surface area contributed by atoms with Crippen LogP contribution in [0.3, 0.4) is 0 Å². The second-order valence-corrected chi connectivity index (χ2v) is 9.93. The lowest BCUT2D eigenvalue weighted by atomic mass is 10.1. The molecule has 8 heteroatoms. The highest BCUT2D eigenvalue weighted by molar-refractivity contribution is 8.18. The highest BCUT2D eigenvalue weighted by Gasteiger charge is 2.35. The molecule has 2 amide bonds. The Morgan fingerprint density at radius 3 is 2.27 bits per heavy atom. The van der Waals surface area contributed by atoms with E-state index in [9.17, 15) is 9.59 Å². The third kappa shape index (κ3) is 6.87. The van der Waals surface area contributed by atoms with Crippen molar-refractivity contribution in [3.05, 3.63) is 92.8 Å². The number of carbonyl (C=O) groups is 2. The number of halogens is 1. The lowest BCUT2D eigenvalue weighted by molar-refractivity contribution is -0.123. The number of hydrogen-bond acceptors (Lipinski definition) is 6. The Balaban J connectivity index is 1.45. The van der Waals surface area contributed by atoms with E-state index >= 15 is 0 Å². The molecule has 0 aliphatic carbocycles. The van der Waals surface area contributed by atoms with Crippen LogP contribution in [-0.2, 0) is 11.4 Å². The first-order chi connectivity index (χ1) is 17.8. The number of ether oxygens (including phenoxy) is 3. The molecular formula is C29H28ClNO5S. The van der Waals surface area contributed by atoms with E-state index < -0.39 is 0 Å². The minimum Gasteiger partial charge on any atom is -0.492 e. The highest BCUT2D eigenvalue weighted by Crippen LogP contribution is 2.39. The molecule has 0 N–H and O–H groups in total. The number of imide groups is 1. The summed E-state index contributed by atoms with van der Waals surface area (Å²) in [6.07, 6.45) is 1.64. The van der Waals surface area contributed by atoms with Gasteiger partial charge in [0.1, 0.15) is 19.0 Å². The van der Waals surface area contributed by atoms with E-state index in [1.807, 2.05) is 69.3 Å². The molecule has 0 saturated carbocycles. The molecule has 1 aliphatic rings. The van der Waals surface area contributed by atoms with Crippen molar-refractivity contribution in [2.45, 2.75) is 27.4 Å². The van der Waals surface area contributed by atoms with Crippen molar-refractivity contribution >= 4 is 40.6 Å². The molecule has 1 saturated heterocycles. The number of thioether (sulfide) groups is 1. The van der Waals surface area contributed by atoms with E-state index in [1.54, 1.807) is 18.2 Å². The highest BCUT2D eigenvalue weighted by atomic mass is 35.5. The smallest absolute Gasteiger partial charge is 0.293 e. The molecule has 0 radical (unpaired) electrons. The van der Waals surface area contributed by atoms with E-state index in [-0.39, 0.29) is 24.3 Å². The number of hydrogen-bond donors (Lipinski definition) is 0. The molecule has 4 rings (SSSR count). The SMILES string of the molecule is CCOc1cc(/C=C2\SC(=O)N(CCOc3ccc(C)cc3)C2=O)cc(Cl)c1OCc1ccc(C)cc1. The van der Waals surface area contributed by atoms with Gasteiger partial charge in [-0.2, -0.15) is 0 Å². The number of aryl methyl sites for hydroxylation is 2. The molecule has 3 aromatic rings. The van der Waals surface area contributed by atoms with E-state index in [2.05, 4.69) is 0 Å². The fourth-order valence-electron chi connectivity index (χ4n) is 3.65. The van der Waals surface area contributed by atoms with Gasteiger partial charge in [-0.3, -0.25) is 14.5 Å². The van der Waals surface area contributed by atoms with Gasteiger partial charge in [0.25, 0.3) is 11.1 Å². The van der Waals surface area contributed by atoms with Crippen molar-refractivity contribution in [2.24, 2.45) is 0 Å². The largest absolute Gasteiger partial charge is 0.492 e. The molecule has 3 aromatic carbocycles. The Kier molecular flexibility index (Phi) is 8.79. The van der Waals surface area contributed by atoms with Crippen LogP contribution in [-0.4, -0.2) is 35.8 Å². The molecule has 0 atom stereocenters. The van der Waals surface area contributed by atoms with Gasteiger partial charge in [0.05, 0.1) is 23.1 Å². The van der Waals surface area contributed by atoms with Gasteiger partial charge in [-0.25, -0.2) is 0 Å². The zero-order chi connectivity index (χ0) is 26.4. The summed E-state index contributed by atoms with van der Waals surface area (Å²) in [5.41, 5.74) is 3.94. The van der Waals surface area contributed by atoms with E-state index in [4.69, 9.17) is 25.8 Å². The lowest BCUT2D eigenvalue weighted by Crippen LogP contribution is -2.32. The zero-order valence-corrected chi connectivity index (χ0v) is 22.5. The first-order valence-corrected chi connectivity index (χ1v) is 13.1. The van der Waals surface area contributed by atoms with Crippen LogP contribution in [0.5, 0.6) is 17.2 Å². The van der Waals surface area contributed by atoms with Crippen LogP contribution < -0.4 is 14.2 Å². The summed E-state index contributed by atoms with van der Waals surface area (Å²) in [6.45, 7) is 7.01. The second-order valence-electron chi connectivity index (χ2n) is 8.53. The predicted octanol–water partition coefficient (Wildman–Crippen LogP) is 7.05. The van der Waals surface area contributed by atoms with Gasteiger partial charge < -0.3 is 14.2 Å². The average molecular weight is 538 g/mol. The Labute approximate surface area is 226 Å². The van der Waals surface area contributed by atoms with Crippen LogP contribution in [0.2, 0.25) is 5.02 Å². The van der Waals surface area contributed by atoms with Gasteiger partial charge in [0, 0.05) is 0 Å². The Bertz CT molecular complexity index is 1310. The van der Waals surface area contributed by atoms with Gasteiger partial charge in [0.15, 0.2) is 11.5 Å². The van der Waals surface area contributed by atoms with Crippen molar-refractivity contribution in [2.75, 3.05) is 19.8 Å². The van der Waals surface area contributed by atoms with Crippen LogP contribution in [0.15, 0.2) is 65.6 Å². The molecule has 1 aliphatic heterocycles. The topological polar surface area (TPSA) is 65.1 Å². The summed E-state index contributed by atoms with van der Waals surface area (Å²) >= 11 is 7.45. The van der Waals surface area contributed by atoms with Crippen molar-refractivity contribution in [1.82, 2.24) is 4.90 Å². The Hall–Kier alpha value is -3.42. The number of amides is 2. The third-order valence-electron chi connectivity index (χ3n) is 5.61. The van der Waals surface area contributed by atoms with Crippen LogP contribution in [0.25, 0.3) is 6.08 Å². The molecular weight excluding hydrogens is 510 g/mol. The molecule has 1 fully saturated rings. The van der Waals surface area contributed by atoms with Crippen LogP contribution >= 0.6 is 23.4 Å². The number of benzene rings is 3. The first-order valence-electron chi connectivity index (χ1n) is 11.9. The van der Waals surface area contributed by atoms with E-state index in [0.29, 0.717) is 46.0 Å². The maximum atomic E-state index is 12.9. The lowest BCUT2D eigenvalue weighted by Gasteiger charge is -2.15. The maximum absolute atomic E-state index is 12.9. The minimum atomic E-state index is -0.365. The molecule has 192 valence electrons. The standard InChI is InChI=1S/C29H28ClNO5S/c1-4-34-25-16-22(15-24(30)27(25)36-18-21-9-5-19(2)6-10-21)17-26-28(32)31(29(33)37-26)13-14-35-23-11-7-20(3)8-12-23/h5-12,15-17H,4,13-14,18H2,1-3H3/b26-17-. The van der Waals surface area contributed by atoms with Crippen molar-refractivity contribution < 1.29 is 23.8 Å². The summed E-state index contributed by atoms with van der Waals surface area (Å²) in [4.78, 5) is 26.9. The van der Waals surface area contributed by atoms with E-state index in [0.717, 1.165) is 22.9 Å². The van der Waals surface area contributed by atoms with Crippen LogP contribution in [0.1, 0.15) is 29.2 Å². The number of carbonyl (C=O) groups excluding carboxylic acids is 2. The van der Waals surface area contributed by atoms with Crippen molar-refractivity contribution in [3.63, 3.8) is 0 Å². The molecule has 1 heterocycles. The summed E-state index contributed by atoms with van der Waals surface area (Å²) in [7, 11) is 0. The monoisotopic (exact) mass is 537 g/mol. The summed E-state index contributed by atoms with van der Waals surface area (Å²) in [5, 5.41) is 0.0213. The third-order valence-corrected chi connectivity index (χ3v) is 6.80. The normalized spacial score (nSPS) is 14.4. The minimum absolute atomic E-state index is 0.159. The number of rotatable bonds is 10. The fourth-order valence-corrected chi connectivity index (χ4v) is 4.79. The first kappa shape index (κ1) is 26.6. The van der Waals surface area contributed by atoms with Crippen molar-refractivity contribution in [1.29, 1.82) is 0 Å². The van der Waals surface area contributed by atoms with Gasteiger partial charge in [-0.05, 0) is 74.0 Å². The van der Waals surface area contributed by atoms with Gasteiger partial charge in [-0.1, -0.05) is 59.1 Å². The Morgan fingerprint density at radius 2 is 1.59 bits per heavy atom. The van der Waals surface area contributed by atoms with Crippen LogP contribution in [0, 0.1) is 13.8 Å². The molecule has 6 nitrogen and oxygen atoms in total. The fraction of sp³-hybridized carbons (Fsp3) is 0.241. The maximum Gasteiger partial charge on any atom is 0.293 e. The summed E-state index contributed by atoms with van der Waals surface area (Å²) in [6, 6.07) is 19.1. The average Bonchev–Trinajstić information content (AvgIpc) is 3.13. The molecule has 0 spiro atoms. The number of nitrogens with zero attached hydrogens (tertiary/aromatic N) is 1. The molecule has 0 unspecified atom stereocenters. The predicted molar refractivity (Wildman–Crippen MR) is 147 cm³/mol. The molecule has 0 bridgehead atoms. The summed E-state index contributed by atoms with van der Waals surface area (Å²) < 4.78 is 17.4. The van der Waals surface area contributed by atoms with Crippen molar-refractivity contribution in [3.8, 4) is 17.2 Å². The zero-order valence-electron chi connectivity index (χ0n) is 21.0. The van der Waals surface area contributed by atoms with E-state index in [1.165, 1.54) is 10.5 Å². The molecule has 0 aromatic heterocycles. The van der Waals surface area contributed by atoms with Gasteiger partial charge in [-0.15, -0.1) is 0 Å². The Morgan fingerprint density at radius 1 is 0.919 bits per heavy atom. The second kappa shape index (κ2) is 12.2. The molecule has 37 heavy (non-hydrogen) atoms.